The fraction of sp³-hybridized carbons (Fsp3) is 0.667. The third kappa shape index (κ3) is 4.39. The Labute approximate surface area is 195 Å². The maximum Gasteiger partial charge on any atom is 0.493 e. The number of carbonyl (C=O) groups excluding carboxylic acids is 1. The number of fused-ring (bicyclic) bond motifs is 1. The van der Waals surface area contributed by atoms with Gasteiger partial charge in [0, 0.05) is 39.3 Å². The minimum atomic E-state index is -5.23. The monoisotopic (exact) mass is 483 g/mol. The number of nitrogens with zero attached hydrogens (tertiary/aromatic N) is 6. The lowest BCUT2D eigenvalue weighted by atomic mass is 10.1. The van der Waals surface area contributed by atoms with Crippen LogP contribution < -0.4 is 26.2 Å². The van der Waals surface area contributed by atoms with Crippen molar-refractivity contribution in [3.63, 3.8) is 0 Å². The summed E-state index contributed by atoms with van der Waals surface area (Å²) in [4.78, 5) is 40.1. The minimum absolute atomic E-state index is 0.0277. The van der Waals surface area contributed by atoms with Gasteiger partial charge in [0.15, 0.2) is 12.0 Å². The van der Waals surface area contributed by atoms with Crippen LogP contribution >= 0.6 is 0 Å². The van der Waals surface area contributed by atoms with Crippen LogP contribution in [0.25, 0.3) is 0 Å². The summed E-state index contributed by atoms with van der Waals surface area (Å²) in [6.07, 6.45) is -2.99. The standard InChI is InChI=1S/C21H28F3N7O3/c1-3-4-12-30-15-16(26-19(27(2)17(15)32)28-9-5-6-10-28)31(34-18(33)21(22,23)24)20(30)29-11-7-8-14(25)13-29/h14,20H,5-13,25H2,1-2H3. The highest BCUT2D eigenvalue weighted by atomic mass is 19.4. The summed E-state index contributed by atoms with van der Waals surface area (Å²) in [7, 11) is 1.57. The maximum atomic E-state index is 13.5. The van der Waals surface area contributed by atoms with E-state index in [-0.39, 0.29) is 24.1 Å². The van der Waals surface area contributed by atoms with Crippen molar-refractivity contribution < 1.29 is 22.8 Å². The van der Waals surface area contributed by atoms with E-state index < -0.39 is 24.0 Å². The maximum absolute atomic E-state index is 13.5. The van der Waals surface area contributed by atoms with Gasteiger partial charge in [0.2, 0.25) is 11.8 Å². The summed E-state index contributed by atoms with van der Waals surface area (Å²) >= 11 is 0. The summed E-state index contributed by atoms with van der Waals surface area (Å²) in [5.41, 5.74) is 5.72. The number of aromatic nitrogens is 2. The molecule has 34 heavy (non-hydrogen) atoms. The lowest BCUT2D eigenvalue weighted by Gasteiger charge is -2.41. The molecule has 2 fully saturated rings. The number of halogens is 3. The van der Waals surface area contributed by atoms with E-state index in [1.54, 1.807) is 18.9 Å². The molecule has 0 spiro atoms. The summed E-state index contributed by atoms with van der Waals surface area (Å²) in [5, 5.41) is 0.807. The fourth-order valence-corrected chi connectivity index (χ4v) is 4.68. The van der Waals surface area contributed by atoms with E-state index in [0.717, 1.165) is 24.3 Å². The summed E-state index contributed by atoms with van der Waals surface area (Å²) in [6, 6.07) is -0.215. The van der Waals surface area contributed by atoms with Crippen LogP contribution in [0.4, 0.5) is 30.6 Å². The van der Waals surface area contributed by atoms with Crippen LogP contribution in [0.2, 0.25) is 0 Å². The number of hydroxylamine groups is 1. The van der Waals surface area contributed by atoms with Crippen LogP contribution in [0, 0.1) is 11.8 Å². The van der Waals surface area contributed by atoms with Crippen LogP contribution in [0.3, 0.4) is 0 Å². The number of nitrogens with two attached hydrogens (primary N) is 1. The van der Waals surface area contributed by atoms with Crippen molar-refractivity contribution >= 4 is 23.4 Å². The van der Waals surface area contributed by atoms with Crippen molar-refractivity contribution in [1.82, 2.24) is 14.5 Å². The van der Waals surface area contributed by atoms with Gasteiger partial charge in [0.25, 0.3) is 5.56 Å². The van der Waals surface area contributed by atoms with Crippen molar-refractivity contribution in [3.8, 4) is 11.8 Å². The molecule has 2 N–H and O–H groups in total. The van der Waals surface area contributed by atoms with Gasteiger partial charge in [-0.2, -0.15) is 18.2 Å². The SMILES string of the molecule is CC#CCN1c2c(nc(N3CCCC3)n(C)c2=O)N(OC(=O)C(F)(F)F)C1N1CCCC(N)C1. The first-order valence-corrected chi connectivity index (χ1v) is 11.2. The number of anilines is 3. The second-order valence-corrected chi connectivity index (χ2v) is 8.64. The fourth-order valence-electron chi connectivity index (χ4n) is 4.68. The van der Waals surface area contributed by atoms with Crippen molar-refractivity contribution in [2.75, 3.05) is 47.6 Å². The van der Waals surface area contributed by atoms with Gasteiger partial charge in [0.05, 0.1) is 6.54 Å². The third-order valence-corrected chi connectivity index (χ3v) is 6.25. The molecule has 0 radical (unpaired) electrons. The van der Waals surface area contributed by atoms with Gasteiger partial charge in [-0.1, -0.05) is 5.92 Å². The van der Waals surface area contributed by atoms with E-state index >= 15 is 0 Å². The molecule has 2 saturated heterocycles. The highest BCUT2D eigenvalue weighted by Crippen LogP contribution is 2.39. The Morgan fingerprint density at radius 2 is 1.94 bits per heavy atom. The molecule has 2 atom stereocenters. The Morgan fingerprint density at radius 3 is 2.56 bits per heavy atom. The second-order valence-electron chi connectivity index (χ2n) is 8.64. The summed E-state index contributed by atoms with van der Waals surface area (Å²) in [6.45, 7) is 3.81. The average Bonchev–Trinajstić information content (AvgIpc) is 3.41. The molecule has 0 amide bonds. The van der Waals surface area contributed by atoms with Crippen molar-refractivity contribution in [3.05, 3.63) is 10.4 Å². The van der Waals surface area contributed by atoms with Crippen molar-refractivity contribution in [2.24, 2.45) is 12.8 Å². The molecule has 13 heteroatoms. The predicted molar refractivity (Wildman–Crippen MR) is 119 cm³/mol. The molecule has 10 nitrogen and oxygen atoms in total. The van der Waals surface area contributed by atoms with Crippen LogP contribution in [0.15, 0.2) is 4.79 Å². The number of carbonyl (C=O) groups is 1. The van der Waals surface area contributed by atoms with Gasteiger partial charge in [0.1, 0.15) is 0 Å². The Kier molecular flexibility index (Phi) is 6.64. The van der Waals surface area contributed by atoms with Gasteiger partial charge in [-0.15, -0.1) is 11.0 Å². The minimum Gasteiger partial charge on any atom is -0.342 e. The van der Waals surface area contributed by atoms with E-state index in [2.05, 4.69) is 16.8 Å². The first kappa shape index (κ1) is 24.2. The first-order chi connectivity index (χ1) is 16.1. The van der Waals surface area contributed by atoms with Crippen molar-refractivity contribution in [2.45, 2.75) is 51.1 Å². The van der Waals surface area contributed by atoms with Crippen LogP contribution in [0.1, 0.15) is 32.6 Å². The van der Waals surface area contributed by atoms with E-state index in [1.807, 2.05) is 4.90 Å². The number of alkyl halides is 3. The van der Waals surface area contributed by atoms with Crippen molar-refractivity contribution in [1.29, 1.82) is 0 Å². The number of hydrogen-bond acceptors (Lipinski definition) is 9. The van der Waals surface area contributed by atoms with Crippen LogP contribution in [-0.4, -0.2) is 71.7 Å². The van der Waals surface area contributed by atoms with E-state index in [0.29, 0.717) is 38.5 Å². The zero-order valence-corrected chi connectivity index (χ0v) is 19.1. The largest absolute Gasteiger partial charge is 0.493 e. The topological polar surface area (TPSA) is 100 Å². The predicted octanol–water partition coefficient (Wildman–Crippen LogP) is 0.757. The lowest BCUT2D eigenvalue weighted by Crippen LogP contribution is -2.60. The Bertz CT molecular complexity index is 1060. The molecule has 4 heterocycles. The third-order valence-electron chi connectivity index (χ3n) is 6.25. The Hall–Kier alpha value is -2.98. The van der Waals surface area contributed by atoms with E-state index in [1.165, 1.54) is 9.47 Å². The van der Waals surface area contributed by atoms with Crippen LogP contribution in [-0.2, 0) is 16.7 Å². The first-order valence-electron chi connectivity index (χ1n) is 11.2. The highest BCUT2D eigenvalue weighted by molar-refractivity contribution is 5.80. The molecule has 3 aliphatic heterocycles. The molecule has 0 saturated carbocycles. The molecular weight excluding hydrogens is 455 g/mol. The van der Waals surface area contributed by atoms with Gasteiger partial charge in [-0.05, 0) is 32.6 Å². The Balaban J connectivity index is 1.86. The van der Waals surface area contributed by atoms with E-state index in [4.69, 9.17) is 10.6 Å². The molecular formula is C21H28F3N7O3. The Morgan fingerprint density at radius 1 is 1.24 bits per heavy atom. The zero-order chi connectivity index (χ0) is 24.6. The average molecular weight is 483 g/mol. The van der Waals surface area contributed by atoms with Gasteiger partial charge in [-0.3, -0.25) is 14.3 Å². The van der Waals surface area contributed by atoms with E-state index in [9.17, 15) is 22.8 Å². The van der Waals surface area contributed by atoms with Gasteiger partial charge < -0.3 is 20.4 Å². The zero-order valence-electron chi connectivity index (χ0n) is 19.1. The van der Waals surface area contributed by atoms with Gasteiger partial charge in [-0.25, -0.2) is 4.79 Å². The quantitative estimate of drug-likeness (QED) is 0.622. The molecule has 1 aromatic rings. The number of piperidine rings is 1. The number of hydrogen-bond donors (Lipinski definition) is 1. The molecule has 0 aliphatic carbocycles. The summed E-state index contributed by atoms with van der Waals surface area (Å²) in [5.74, 6) is 3.41. The highest BCUT2D eigenvalue weighted by Gasteiger charge is 2.50. The molecule has 1 aromatic heterocycles. The molecule has 0 aromatic carbocycles. The molecule has 3 aliphatic rings. The molecule has 186 valence electrons. The lowest BCUT2D eigenvalue weighted by molar-refractivity contribution is -0.203. The molecule has 4 rings (SSSR count). The summed E-state index contributed by atoms with van der Waals surface area (Å²) < 4.78 is 41.0. The second kappa shape index (κ2) is 9.34. The molecule has 2 unspecified atom stereocenters. The number of rotatable bonds is 4. The smallest absolute Gasteiger partial charge is 0.342 e. The van der Waals surface area contributed by atoms with Gasteiger partial charge >= 0.3 is 12.1 Å². The number of likely N-dealkylation sites (tertiary alicyclic amines) is 1. The normalized spacial score (nSPS) is 23.1. The molecule has 0 bridgehead atoms. The van der Waals surface area contributed by atoms with Crippen LogP contribution in [0.5, 0.6) is 0 Å².